The van der Waals surface area contributed by atoms with Gasteiger partial charge in [0.05, 0.1) is 0 Å². The maximum Gasteiger partial charge on any atom is 0.0461 e. The third kappa shape index (κ3) is 2.02. The molecule has 1 aliphatic heterocycles. The lowest BCUT2D eigenvalue weighted by Gasteiger charge is -2.23. The molecule has 0 unspecified atom stereocenters. The highest BCUT2D eigenvalue weighted by Gasteiger charge is 2.17. The second-order valence-corrected chi connectivity index (χ2v) is 4.21. The van der Waals surface area contributed by atoms with E-state index in [1.807, 2.05) is 12.1 Å². The third-order valence-corrected chi connectivity index (χ3v) is 3.13. The molecule has 3 N–H and O–H groups in total. The predicted molar refractivity (Wildman–Crippen MR) is 60.7 cm³/mol. The summed E-state index contributed by atoms with van der Waals surface area (Å²) in [6.07, 6.45) is 2.34. The number of rotatable bonds is 1. The molecule has 1 aromatic rings. The number of anilines is 1. The molecule has 1 saturated heterocycles. The van der Waals surface area contributed by atoms with Gasteiger partial charge in [0.25, 0.3) is 0 Å². The van der Waals surface area contributed by atoms with Crippen LogP contribution in [0.1, 0.15) is 24.3 Å². The fourth-order valence-electron chi connectivity index (χ4n) is 2.01. The van der Waals surface area contributed by atoms with E-state index in [0.29, 0.717) is 5.92 Å². The van der Waals surface area contributed by atoms with Crippen molar-refractivity contribution in [2.45, 2.75) is 18.8 Å². The molecule has 1 fully saturated rings. The smallest absolute Gasteiger partial charge is 0.0461 e. The van der Waals surface area contributed by atoms with Gasteiger partial charge in [-0.15, -0.1) is 0 Å². The number of hydrogen-bond donors (Lipinski definition) is 2. The van der Waals surface area contributed by atoms with Gasteiger partial charge < -0.3 is 11.1 Å². The molecule has 0 saturated carbocycles. The van der Waals surface area contributed by atoms with Crippen LogP contribution in [0.25, 0.3) is 0 Å². The highest BCUT2D eigenvalue weighted by atomic mass is 35.5. The van der Waals surface area contributed by atoms with Crippen LogP contribution in [-0.4, -0.2) is 13.1 Å². The van der Waals surface area contributed by atoms with Crippen molar-refractivity contribution < 1.29 is 0 Å². The van der Waals surface area contributed by atoms with E-state index < -0.39 is 0 Å². The summed E-state index contributed by atoms with van der Waals surface area (Å²) in [5.41, 5.74) is 7.66. The lowest BCUT2D eigenvalue weighted by molar-refractivity contribution is 0.460. The van der Waals surface area contributed by atoms with E-state index in [4.69, 9.17) is 17.3 Å². The average molecular weight is 211 g/mol. The number of nitrogens with one attached hydrogen (secondary N) is 1. The minimum atomic E-state index is 0.601. The molecule has 0 amide bonds. The first-order valence-electron chi connectivity index (χ1n) is 5.03. The number of benzene rings is 1. The topological polar surface area (TPSA) is 38.0 Å². The number of nitrogens with two attached hydrogens (primary N) is 1. The summed E-state index contributed by atoms with van der Waals surface area (Å²) in [6.45, 7) is 2.18. The van der Waals surface area contributed by atoms with Gasteiger partial charge in [0.2, 0.25) is 0 Å². The van der Waals surface area contributed by atoms with Crippen molar-refractivity contribution in [2.75, 3.05) is 18.8 Å². The number of nitrogen functional groups attached to an aromatic ring is 1. The van der Waals surface area contributed by atoms with Crippen molar-refractivity contribution in [1.29, 1.82) is 0 Å². The monoisotopic (exact) mass is 210 g/mol. The molecule has 0 aliphatic carbocycles. The fraction of sp³-hybridized carbons (Fsp3) is 0.455. The molecule has 1 aromatic carbocycles. The largest absolute Gasteiger partial charge is 0.399 e. The summed E-state index contributed by atoms with van der Waals surface area (Å²) in [5, 5.41) is 4.16. The molecule has 0 aromatic heterocycles. The Balaban J connectivity index is 2.22. The van der Waals surface area contributed by atoms with E-state index in [-0.39, 0.29) is 0 Å². The zero-order valence-electron chi connectivity index (χ0n) is 8.09. The number of hydrogen-bond acceptors (Lipinski definition) is 2. The third-order valence-electron chi connectivity index (χ3n) is 2.80. The molecule has 2 nitrogen and oxygen atoms in total. The molecule has 1 heterocycles. The maximum atomic E-state index is 6.16. The molecule has 0 spiro atoms. The Morgan fingerprint density at radius 2 is 2.00 bits per heavy atom. The van der Waals surface area contributed by atoms with Crippen LogP contribution >= 0.6 is 11.6 Å². The van der Waals surface area contributed by atoms with Crippen molar-refractivity contribution in [1.82, 2.24) is 5.32 Å². The van der Waals surface area contributed by atoms with E-state index in [9.17, 15) is 0 Å². The van der Waals surface area contributed by atoms with Gasteiger partial charge in [-0.2, -0.15) is 0 Å². The van der Waals surface area contributed by atoms with E-state index in [1.165, 1.54) is 18.4 Å². The summed E-state index contributed by atoms with van der Waals surface area (Å²) < 4.78 is 0. The molecule has 0 bridgehead atoms. The van der Waals surface area contributed by atoms with Gasteiger partial charge in [0.15, 0.2) is 0 Å². The molecule has 0 atom stereocenters. The zero-order valence-corrected chi connectivity index (χ0v) is 8.85. The standard InChI is InChI=1S/C11H15ClN2/c12-11-7-9(13)1-2-10(11)8-3-5-14-6-4-8/h1-2,7-8,14H,3-6,13H2. The molecule has 14 heavy (non-hydrogen) atoms. The molecule has 3 heteroatoms. The van der Waals surface area contributed by atoms with E-state index in [0.717, 1.165) is 23.8 Å². The quantitative estimate of drug-likeness (QED) is 0.699. The van der Waals surface area contributed by atoms with Crippen molar-refractivity contribution in [2.24, 2.45) is 0 Å². The molecular weight excluding hydrogens is 196 g/mol. The lowest BCUT2D eigenvalue weighted by Crippen LogP contribution is -2.26. The highest BCUT2D eigenvalue weighted by molar-refractivity contribution is 6.31. The Morgan fingerprint density at radius 1 is 1.29 bits per heavy atom. The summed E-state index contributed by atoms with van der Waals surface area (Å²) in [7, 11) is 0. The van der Waals surface area contributed by atoms with Gasteiger partial charge >= 0.3 is 0 Å². The van der Waals surface area contributed by atoms with Crippen LogP contribution in [0.15, 0.2) is 18.2 Å². The number of halogens is 1. The Bertz CT molecular complexity index is 319. The Kier molecular flexibility index (Phi) is 2.94. The highest BCUT2D eigenvalue weighted by Crippen LogP contribution is 2.31. The van der Waals surface area contributed by atoms with E-state index in [2.05, 4.69) is 11.4 Å². The summed E-state index contributed by atoms with van der Waals surface area (Å²) in [6, 6.07) is 5.84. The van der Waals surface area contributed by atoms with Crippen LogP contribution in [0.2, 0.25) is 5.02 Å². The first kappa shape index (κ1) is 9.81. The van der Waals surface area contributed by atoms with Gasteiger partial charge in [-0.05, 0) is 49.5 Å². The molecule has 2 rings (SSSR count). The fourth-order valence-corrected chi connectivity index (χ4v) is 2.35. The zero-order chi connectivity index (χ0) is 9.97. The minimum absolute atomic E-state index is 0.601. The SMILES string of the molecule is Nc1ccc(C2CCNCC2)c(Cl)c1. The van der Waals surface area contributed by atoms with Gasteiger partial charge in [-0.1, -0.05) is 17.7 Å². The average Bonchev–Trinajstić information content (AvgIpc) is 2.19. The Hall–Kier alpha value is -0.730. The first-order valence-corrected chi connectivity index (χ1v) is 5.41. The summed E-state index contributed by atoms with van der Waals surface area (Å²) in [5.74, 6) is 0.601. The molecular formula is C11H15ClN2. The second-order valence-electron chi connectivity index (χ2n) is 3.81. The lowest BCUT2D eigenvalue weighted by atomic mass is 9.90. The van der Waals surface area contributed by atoms with Crippen molar-refractivity contribution in [3.05, 3.63) is 28.8 Å². The molecule has 0 radical (unpaired) electrons. The van der Waals surface area contributed by atoms with E-state index in [1.54, 1.807) is 0 Å². The van der Waals surface area contributed by atoms with Gasteiger partial charge in [0, 0.05) is 10.7 Å². The van der Waals surface area contributed by atoms with Crippen molar-refractivity contribution in [3.63, 3.8) is 0 Å². The van der Waals surface area contributed by atoms with E-state index >= 15 is 0 Å². The van der Waals surface area contributed by atoms with Crippen LogP contribution in [-0.2, 0) is 0 Å². The first-order chi connectivity index (χ1) is 6.77. The predicted octanol–water partition coefficient (Wildman–Crippen LogP) is 2.39. The van der Waals surface area contributed by atoms with Gasteiger partial charge in [-0.3, -0.25) is 0 Å². The minimum Gasteiger partial charge on any atom is -0.399 e. The van der Waals surface area contributed by atoms with Gasteiger partial charge in [-0.25, -0.2) is 0 Å². The normalized spacial score (nSPS) is 18.4. The summed E-state index contributed by atoms with van der Waals surface area (Å²) >= 11 is 6.16. The van der Waals surface area contributed by atoms with Crippen LogP contribution in [0, 0.1) is 0 Å². The van der Waals surface area contributed by atoms with Crippen LogP contribution in [0.4, 0.5) is 5.69 Å². The van der Waals surface area contributed by atoms with Gasteiger partial charge in [0.1, 0.15) is 0 Å². The molecule has 1 aliphatic rings. The summed E-state index contributed by atoms with van der Waals surface area (Å²) in [4.78, 5) is 0. The second kappa shape index (κ2) is 4.20. The van der Waals surface area contributed by atoms with Crippen molar-refractivity contribution >= 4 is 17.3 Å². The Labute approximate surface area is 89.4 Å². The van der Waals surface area contributed by atoms with Crippen LogP contribution < -0.4 is 11.1 Å². The van der Waals surface area contributed by atoms with Crippen LogP contribution in [0.3, 0.4) is 0 Å². The van der Waals surface area contributed by atoms with Crippen LogP contribution in [0.5, 0.6) is 0 Å². The number of piperidine rings is 1. The Morgan fingerprint density at radius 3 is 2.64 bits per heavy atom. The molecule has 76 valence electrons. The maximum absolute atomic E-state index is 6.16. The van der Waals surface area contributed by atoms with Crippen molar-refractivity contribution in [3.8, 4) is 0 Å².